The van der Waals surface area contributed by atoms with Gasteiger partial charge in [0.25, 0.3) is 0 Å². The Labute approximate surface area is 177 Å². The van der Waals surface area contributed by atoms with E-state index < -0.39 is 67.1 Å². The van der Waals surface area contributed by atoms with Crippen LogP contribution in [0.3, 0.4) is 0 Å². The standard InChI is InChI=1S/C6H18NO12S6Si2.Li/c1-20(8,9)26(21(2,10)11,22(3,12)13)7-27(23(4,14)15,24(5,16)17)25(6,18)19;/h1-6H3;/q-1;+1. The molecule has 0 radical (unpaired) electrons. The van der Waals surface area contributed by atoms with Crippen LogP contribution < -0.4 is 18.9 Å². The second kappa shape index (κ2) is 7.99. The first-order chi connectivity index (χ1) is 11.2. The third kappa shape index (κ3) is 4.78. The Morgan fingerprint density at radius 2 is 0.500 bits per heavy atom. The zero-order valence-corrected chi connectivity index (χ0v) is 22.7. The van der Waals surface area contributed by atoms with Crippen LogP contribution in [0.4, 0.5) is 0 Å². The molecule has 0 aliphatic heterocycles. The monoisotopic (exact) mass is 551 g/mol. The van der Waals surface area contributed by atoms with Gasteiger partial charge in [0.2, 0.25) is 0 Å². The van der Waals surface area contributed by atoms with Crippen molar-refractivity contribution in [3.05, 3.63) is 4.65 Å². The van der Waals surface area contributed by atoms with Gasteiger partial charge in [0.05, 0.1) is 0 Å². The van der Waals surface area contributed by atoms with Gasteiger partial charge < -0.3 is 4.65 Å². The molecule has 0 aliphatic rings. The largest absolute Gasteiger partial charge is 1.00 e. The topological polar surface area (TPSA) is 219 Å². The van der Waals surface area contributed by atoms with Crippen molar-refractivity contribution in [1.29, 1.82) is 0 Å². The summed E-state index contributed by atoms with van der Waals surface area (Å²) in [4.78, 5) is 0. The molecule has 0 heterocycles. The molecular formula is C6H18LiNO12S6Si2. The summed E-state index contributed by atoms with van der Waals surface area (Å²) in [6.45, 7) is 0. The summed E-state index contributed by atoms with van der Waals surface area (Å²) in [5, 5.41) is 0. The van der Waals surface area contributed by atoms with Gasteiger partial charge in [-0.2, -0.15) is 0 Å². The van der Waals surface area contributed by atoms with Crippen LogP contribution in [0, 0.1) is 0 Å². The van der Waals surface area contributed by atoms with Crippen LogP contribution in [0.25, 0.3) is 4.65 Å². The van der Waals surface area contributed by atoms with Crippen LogP contribution in [0.2, 0.25) is 0 Å². The van der Waals surface area contributed by atoms with Crippen LogP contribution >= 0.6 is 0 Å². The molecule has 0 N–H and O–H groups in total. The molecule has 0 bridgehead atoms. The Balaban J connectivity index is 0. The van der Waals surface area contributed by atoms with E-state index in [2.05, 4.69) is 4.65 Å². The molecular weight excluding hydrogens is 534 g/mol. The predicted molar refractivity (Wildman–Crippen MR) is 104 cm³/mol. The summed E-state index contributed by atoms with van der Waals surface area (Å²) in [5.41, 5.74) is -12.8. The van der Waals surface area contributed by atoms with E-state index in [1.807, 2.05) is 0 Å². The minimum absolute atomic E-state index is 0. The van der Waals surface area contributed by atoms with Gasteiger partial charge in [0.1, 0.15) is 55.7 Å². The minimum Gasteiger partial charge on any atom is -0.590 e. The van der Waals surface area contributed by atoms with E-state index in [1.54, 1.807) is 0 Å². The Hall–Kier alpha value is 0.691. The second-order valence-corrected chi connectivity index (χ2v) is 46.7. The van der Waals surface area contributed by atoms with E-state index in [1.165, 1.54) is 0 Å². The Bertz CT molecular complexity index is 1020. The van der Waals surface area contributed by atoms with Gasteiger partial charge in [-0.15, -0.1) is 0 Å². The van der Waals surface area contributed by atoms with Gasteiger partial charge in [-0.1, -0.05) is 0 Å². The summed E-state index contributed by atoms with van der Waals surface area (Å²) in [7, 11) is -31.9. The average Bonchev–Trinajstić information content (AvgIpc) is 2.16. The van der Waals surface area contributed by atoms with Crippen LogP contribution in [0.5, 0.6) is 0 Å². The smallest absolute Gasteiger partial charge is 0.590 e. The molecule has 0 aliphatic carbocycles. The second-order valence-electron chi connectivity index (χ2n) is 5.79. The SMILES string of the molecule is CS(=O)(=O)[Si]([N-][Si](S(C)(=O)=O)(S(C)(=O)=O)S(C)(=O)=O)(S(C)(=O)=O)S(C)(=O)=O.[Li+]. The van der Waals surface area contributed by atoms with Gasteiger partial charge in [-0.25, -0.2) is 50.5 Å². The fraction of sp³-hybridized carbons (Fsp3) is 1.00. The zero-order chi connectivity index (χ0) is 22.7. The van der Waals surface area contributed by atoms with Crippen molar-refractivity contribution in [2.24, 2.45) is 0 Å². The molecule has 0 fully saturated rings. The quantitative estimate of drug-likeness (QED) is 0.257. The summed E-state index contributed by atoms with van der Waals surface area (Å²) in [6, 6.07) is 0. The molecule has 28 heavy (non-hydrogen) atoms. The van der Waals surface area contributed by atoms with Crippen molar-refractivity contribution >= 4 is 67.1 Å². The van der Waals surface area contributed by atoms with Crippen LogP contribution in [0.15, 0.2) is 0 Å². The molecule has 0 aromatic rings. The Morgan fingerprint density at radius 3 is 0.571 bits per heavy atom. The van der Waals surface area contributed by atoms with E-state index in [0.29, 0.717) is 0 Å². The van der Waals surface area contributed by atoms with Gasteiger partial charge in [0, 0.05) is 37.5 Å². The van der Waals surface area contributed by atoms with Crippen molar-refractivity contribution < 1.29 is 69.4 Å². The third-order valence-corrected chi connectivity index (χ3v) is 65.4. The molecule has 0 atom stereocenters. The van der Waals surface area contributed by atoms with Gasteiger partial charge in [-0.3, -0.25) is 0 Å². The van der Waals surface area contributed by atoms with Crippen LogP contribution in [-0.2, 0) is 55.7 Å². The van der Waals surface area contributed by atoms with E-state index in [0.717, 1.165) is 0 Å². The maximum Gasteiger partial charge on any atom is 1.00 e. The maximum atomic E-state index is 12.3. The van der Waals surface area contributed by atoms with Gasteiger partial charge in [-0.05, 0) is 0 Å². The molecule has 0 aromatic heterocycles. The van der Waals surface area contributed by atoms with Crippen molar-refractivity contribution in [2.45, 2.75) is 0 Å². The summed E-state index contributed by atoms with van der Waals surface area (Å²) >= 11 is 0. The molecule has 13 nitrogen and oxygen atoms in total. The third-order valence-electron chi connectivity index (χ3n) is 3.09. The number of rotatable bonds is 8. The first kappa shape index (κ1) is 30.9. The van der Waals surface area contributed by atoms with E-state index in [4.69, 9.17) is 0 Å². The maximum absolute atomic E-state index is 12.3. The van der Waals surface area contributed by atoms with E-state index >= 15 is 0 Å². The number of hydrogen-bond donors (Lipinski definition) is 0. The van der Waals surface area contributed by atoms with Gasteiger partial charge in [0.15, 0.2) is 0 Å². The minimum atomic E-state index is -6.40. The molecule has 0 aromatic carbocycles. The fourth-order valence-corrected chi connectivity index (χ4v) is 71.6. The Kier molecular flexibility index (Phi) is 8.81. The summed E-state index contributed by atoms with van der Waals surface area (Å²) in [5.74, 6) is 0. The normalized spacial score (nSPS) is 15.6. The molecule has 0 rings (SSSR count). The summed E-state index contributed by atoms with van der Waals surface area (Å²) < 4.78 is 150. The molecule has 0 saturated carbocycles. The molecule has 0 amide bonds. The van der Waals surface area contributed by atoms with Crippen molar-refractivity contribution in [3.8, 4) is 0 Å². The van der Waals surface area contributed by atoms with Crippen molar-refractivity contribution in [2.75, 3.05) is 37.5 Å². The molecule has 0 spiro atoms. The Morgan fingerprint density at radius 1 is 0.393 bits per heavy atom. The van der Waals surface area contributed by atoms with Crippen LogP contribution in [0.1, 0.15) is 0 Å². The molecule has 22 heteroatoms. The first-order valence-corrected chi connectivity index (χ1v) is 25.7. The van der Waals surface area contributed by atoms with Crippen LogP contribution in [-0.4, -0.2) is 99.4 Å². The molecule has 0 saturated heterocycles. The van der Waals surface area contributed by atoms with Crippen molar-refractivity contribution in [1.82, 2.24) is 0 Å². The van der Waals surface area contributed by atoms with E-state index in [-0.39, 0.29) is 56.4 Å². The zero-order valence-electron chi connectivity index (χ0n) is 15.8. The average molecular weight is 552 g/mol. The van der Waals surface area contributed by atoms with E-state index in [9.17, 15) is 50.5 Å². The molecule has 0 unspecified atom stereocenters. The molecule has 164 valence electrons. The fourth-order valence-electron chi connectivity index (χ4n) is 2.32. The summed E-state index contributed by atoms with van der Waals surface area (Å²) in [6.07, 6.45) is 0.648. The van der Waals surface area contributed by atoms with Crippen molar-refractivity contribution in [3.63, 3.8) is 0 Å². The first-order valence-electron chi connectivity index (χ1n) is 6.12. The predicted octanol–water partition coefficient (Wildman–Crippen LogP) is -6.50. The number of hydrogen-bond acceptors (Lipinski definition) is 12. The number of nitrogens with zero attached hydrogens (tertiary/aromatic N) is 1. The van der Waals surface area contributed by atoms with Gasteiger partial charge >= 0.3 is 30.2 Å².